The molecule has 0 amide bonds. The Kier molecular flexibility index (Phi) is 7.41. The van der Waals surface area contributed by atoms with Crippen molar-refractivity contribution in [2.24, 2.45) is 0 Å². The normalized spacial score (nSPS) is 16.1. The molecule has 1 atom stereocenters. The Labute approximate surface area is 125 Å². The highest BCUT2D eigenvalue weighted by Gasteiger charge is 2.81. The zero-order valence-corrected chi connectivity index (χ0v) is 11.6. The molecule has 0 aliphatic carbocycles. The van der Waals surface area contributed by atoms with Gasteiger partial charge in [-0.2, -0.15) is 39.5 Å². The molecule has 0 radical (unpaired) electrons. The van der Waals surface area contributed by atoms with Crippen molar-refractivity contribution in [3.8, 4) is 0 Å². The van der Waals surface area contributed by atoms with Gasteiger partial charge in [-0.15, -0.1) is 0 Å². The van der Waals surface area contributed by atoms with Gasteiger partial charge in [0.25, 0.3) is 0 Å². The van der Waals surface area contributed by atoms with E-state index in [-0.39, 0.29) is 19.3 Å². The number of aliphatic hydroxyl groups is 2. The number of rotatable bonds is 9. The van der Waals surface area contributed by atoms with Crippen LogP contribution in [0, 0.1) is 0 Å². The van der Waals surface area contributed by atoms with Gasteiger partial charge in [-0.3, -0.25) is 0 Å². The van der Waals surface area contributed by atoms with E-state index < -0.39 is 43.1 Å². The number of alkyl halides is 9. The summed E-state index contributed by atoms with van der Waals surface area (Å²) >= 11 is 0. The summed E-state index contributed by atoms with van der Waals surface area (Å²) in [5.74, 6) is -19.1. The van der Waals surface area contributed by atoms with Crippen LogP contribution in [0.2, 0.25) is 0 Å². The summed E-state index contributed by atoms with van der Waals surface area (Å²) in [5, 5.41) is 17.4. The highest BCUT2D eigenvalue weighted by atomic mass is 19.4. The van der Waals surface area contributed by atoms with Crippen LogP contribution in [0.4, 0.5) is 39.5 Å². The minimum atomic E-state index is -6.87. The zero-order valence-electron chi connectivity index (χ0n) is 11.6. The summed E-state index contributed by atoms with van der Waals surface area (Å²) in [4.78, 5) is 0. The summed E-state index contributed by atoms with van der Waals surface area (Å²) < 4.78 is 112. The number of hydrogen-bond donors (Lipinski definition) is 2. The number of hydrogen-bond acceptors (Lipinski definition) is 2. The molecule has 0 saturated carbocycles. The van der Waals surface area contributed by atoms with Crippen LogP contribution in [-0.2, 0) is 0 Å². The molecule has 0 spiro atoms. The van der Waals surface area contributed by atoms with Crippen molar-refractivity contribution >= 4 is 0 Å². The molecule has 1 unspecified atom stereocenters. The van der Waals surface area contributed by atoms with Crippen molar-refractivity contribution in [3.63, 3.8) is 0 Å². The van der Waals surface area contributed by atoms with Crippen molar-refractivity contribution in [3.05, 3.63) is 12.2 Å². The Hall–Kier alpha value is -0.970. The van der Waals surface area contributed by atoms with Gasteiger partial charge in [0, 0.05) is 6.42 Å². The summed E-state index contributed by atoms with van der Waals surface area (Å²) in [6.45, 7) is -0.541. The quantitative estimate of drug-likeness (QED) is 0.371. The first-order valence-electron chi connectivity index (χ1n) is 6.35. The zero-order chi connectivity index (χ0) is 18.5. The summed E-state index contributed by atoms with van der Waals surface area (Å²) in [5.41, 5.74) is 0. The van der Waals surface area contributed by atoms with E-state index >= 15 is 0 Å². The Balaban J connectivity index is 4.74. The van der Waals surface area contributed by atoms with Crippen LogP contribution in [0.3, 0.4) is 0 Å². The second-order valence-electron chi connectivity index (χ2n) is 4.79. The van der Waals surface area contributed by atoms with Crippen LogP contribution in [0.25, 0.3) is 0 Å². The van der Waals surface area contributed by atoms with Gasteiger partial charge in [0.2, 0.25) is 0 Å². The second-order valence-corrected chi connectivity index (χ2v) is 4.79. The smallest absolute Gasteiger partial charge is 0.394 e. The molecule has 0 aliphatic heterocycles. The van der Waals surface area contributed by atoms with E-state index in [0.717, 1.165) is 6.08 Å². The molecule has 2 N–H and O–H groups in total. The van der Waals surface area contributed by atoms with Gasteiger partial charge in [-0.05, 0) is 19.3 Å². The van der Waals surface area contributed by atoms with E-state index in [1.165, 1.54) is 0 Å². The number of aliphatic hydroxyl groups excluding tert-OH is 2. The summed E-state index contributed by atoms with van der Waals surface area (Å²) in [6, 6.07) is 0. The molecule has 0 aromatic carbocycles. The SMILES string of the molecule is OCC(O)CCC/C=C/CC(F)(F)C(F)(F)C(F)(F)C(F)(F)F. The average molecular weight is 362 g/mol. The molecular weight excluding hydrogens is 347 g/mol. The van der Waals surface area contributed by atoms with Gasteiger partial charge in [-0.1, -0.05) is 12.2 Å². The van der Waals surface area contributed by atoms with E-state index in [4.69, 9.17) is 10.2 Å². The van der Waals surface area contributed by atoms with E-state index in [1.807, 2.05) is 0 Å². The van der Waals surface area contributed by atoms with Gasteiger partial charge in [-0.25, -0.2) is 0 Å². The van der Waals surface area contributed by atoms with Crippen LogP contribution in [0.1, 0.15) is 25.7 Å². The van der Waals surface area contributed by atoms with Crippen molar-refractivity contribution in [1.29, 1.82) is 0 Å². The molecule has 138 valence electrons. The standard InChI is InChI=1S/C12H15F9O2/c13-9(14,6-4-2-1-3-5-8(23)7-22)10(15,16)11(17,18)12(19,20)21/h2,4,8,22-23H,1,3,5-7H2/b4-2+. The fourth-order valence-corrected chi connectivity index (χ4v) is 1.45. The molecule has 0 fully saturated rings. The van der Waals surface area contributed by atoms with Gasteiger partial charge in [0.1, 0.15) is 0 Å². The minimum absolute atomic E-state index is 0.0195. The predicted octanol–water partition coefficient (Wildman–Crippen LogP) is 3.92. The fraction of sp³-hybridized carbons (Fsp3) is 0.833. The number of halogens is 9. The van der Waals surface area contributed by atoms with E-state index in [0.29, 0.717) is 6.08 Å². The maximum Gasteiger partial charge on any atom is 0.460 e. The van der Waals surface area contributed by atoms with Gasteiger partial charge in [0.05, 0.1) is 12.7 Å². The molecule has 0 heterocycles. The molecule has 11 heteroatoms. The minimum Gasteiger partial charge on any atom is -0.394 e. The maximum absolute atomic E-state index is 13.1. The van der Waals surface area contributed by atoms with Crippen molar-refractivity contribution in [2.75, 3.05) is 6.61 Å². The largest absolute Gasteiger partial charge is 0.460 e. The van der Waals surface area contributed by atoms with E-state index in [2.05, 4.69) is 0 Å². The summed E-state index contributed by atoms with van der Waals surface area (Å²) in [7, 11) is 0. The molecule has 0 rings (SSSR count). The molecule has 0 aromatic heterocycles. The predicted molar refractivity (Wildman–Crippen MR) is 61.6 cm³/mol. The van der Waals surface area contributed by atoms with Crippen LogP contribution in [-0.4, -0.2) is 46.9 Å². The molecule has 2 nitrogen and oxygen atoms in total. The highest BCUT2D eigenvalue weighted by molar-refractivity contribution is 5.03. The molecule has 0 bridgehead atoms. The first-order valence-corrected chi connectivity index (χ1v) is 6.35. The van der Waals surface area contributed by atoms with E-state index in [9.17, 15) is 39.5 Å². The van der Waals surface area contributed by atoms with Gasteiger partial charge >= 0.3 is 23.9 Å². The third kappa shape index (κ3) is 5.27. The Morgan fingerprint density at radius 1 is 0.826 bits per heavy atom. The summed E-state index contributed by atoms with van der Waals surface area (Å²) in [6.07, 6.45) is -8.41. The number of unbranched alkanes of at least 4 members (excludes halogenated alkanes) is 1. The average Bonchev–Trinajstić information content (AvgIpc) is 2.40. The Morgan fingerprint density at radius 2 is 1.35 bits per heavy atom. The van der Waals surface area contributed by atoms with Crippen LogP contribution in [0.15, 0.2) is 12.2 Å². The first-order chi connectivity index (χ1) is 10.2. The van der Waals surface area contributed by atoms with Crippen molar-refractivity contribution in [1.82, 2.24) is 0 Å². The van der Waals surface area contributed by atoms with Crippen LogP contribution >= 0.6 is 0 Å². The molecule has 0 saturated heterocycles. The molecular formula is C12H15F9O2. The highest BCUT2D eigenvalue weighted by Crippen LogP contribution is 2.54. The first kappa shape index (κ1) is 22.0. The lowest BCUT2D eigenvalue weighted by Gasteiger charge is -2.33. The third-order valence-electron chi connectivity index (χ3n) is 2.87. The number of allylic oxidation sites excluding steroid dienone is 2. The lowest BCUT2D eigenvalue weighted by molar-refractivity contribution is -0.395. The third-order valence-corrected chi connectivity index (χ3v) is 2.87. The molecule has 23 heavy (non-hydrogen) atoms. The van der Waals surface area contributed by atoms with Crippen LogP contribution < -0.4 is 0 Å². The van der Waals surface area contributed by atoms with Crippen LogP contribution in [0.5, 0.6) is 0 Å². The second kappa shape index (κ2) is 7.73. The van der Waals surface area contributed by atoms with Gasteiger partial charge < -0.3 is 10.2 Å². The Morgan fingerprint density at radius 3 is 1.78 bits per heavy atom. The monoisotopic (exact) mass is 362 g/mol. The Bertz CT molecular complexity index is 390. The van der Waals surface area contributed by atoms with Crippen molar-refractivity contribution in [2.45, 2.75) is 55.7 Å². The molecule has 0 aromatic rings. The fourth-order valence-electron chi connectivity index (χ4n) is 1.45. The molecule has 0 aliphatic rings. The van der Waals surface area contributed by atoms with E-state index in [1.54, 1.807) is 0 Å². The van der Waals surface area contributed by atoms with Gasteiger partial charge in [0.15, 0.2) is 0 Å². The lowest BCUT2D eigenvalue weighted by atomic mass is 10.0. The van der Waals surface area contributed by atoms with Crippen molar-refractivity contribution < 1.29 is 49.7 Å². The lowest BCUT2D eigenvalue weighted by Crippen LogP contribution is -2.60. The maximum atomic E-state index is 13.1. The topological polar surface area (TPSA) is 40.5 Å².